The Bertz CT molecular complexity index is 685. The monoisotopic (exact) mass is 381 g/mol. The Hall–Kier alpha value is -1.82. The maximum absolute atomic E-state index is 12.6. The zero-order valence-electron chi connectivity index (χ0n) is 13.6. The number of carbonyl (C=O) groups is 1. The van der Waals surface area contributed by atoms with Crippen molar-refractivity contribution in [1.29, 1.82) is 0 Å². The summed E-state index contributed by atoms with van der Waals surface area (Å²) < 4.78 is 5.70. The summed E-state index contributed by atoms with van der Waals surface area (Å²) in [7, 11) is 0. The van der Waals surface area contributed by atoms with Crippen molar-refractivity contribution in [3.8, 4) is 11.5 Å². The van der Waals surface area contributed by atoms with Crippen LogP contribution in [0.2, 0.25) is 0 Å². The third kappa shape index (κ3) is 4.24. The van der Waals surface area contributed by atoms with Crippen molar-refractivity contribution in [1.82, 2.24) is 15.2 Å². The minimum atomic E-state index is 0. The van der Waals surface area contributed by atoms with Crippen LogP contribution in [0.3, 0.4) is 0 Å². The number of halogens is 2. The van der Waals surface area contributed by atoms with Crippen LogP contribution in [-0.2, 0) is 0 Å². The smallest absolute Gasteiger partial charge is 0.253 e. The third-order valence-electron chi connectivity index (χ3n) is 4.65. The van der Waals surface area contributed by atoms with Gasteiger partial charge in [-0.25, -0.2) is 0 Å². The van der Waals surface area contributed by atoms with Gasteiger partial charge in [0.25, 0.3) is 5.91 Å². The summed E-state index contributed by atoms with van der Waals surface area (Å²) >= 11 is 0. The molecule has 1 N–H and O–H groups in total. The summed E-state index contributed by atoms with van der Waals surface area (Å²) in [6, 6.07) is 11.0. The molecule has 4 rings (SSSR count). The Morgan fingerprint density at radius 3 is 2.32 bits per heavy atom. The van der Waals surface area contributed by atoms with E-state index < -0.39 is 0 Å². The van der Waals surface area contributed by atoms with Crippen molar-refractivity contribution in [2.45, 2.75) is 0 Å². The summed E-state index contributed by atoms with van der Waals surface area (Å²) in [5, 5.41) is 3.39. The van der Waals surface area contributed by atoms with Gasteiger partial charge in [0.2, 0.25) is 0 Å². The highest BCUT2D eigenvalue weighted by Crippen LogP contribution is 2.28. The molecule has 2 aliphatic rings. The second-order valence-electron chi connectivity index (χ2n) is 6.20. The van der Waals surface area contributed by atoms with Gasteiger partial charge < -0.3 is 15.0 Å². The highest BCUT2D eigenvalue weighted by atomic mass is 35.5. The Morgan fingerprint density at radius 2 is 1.72 bits per heavy atom. The van der Waals surface area contributed by atoms with E-state index in [0.29, 0.717) is 23.3 Å². The summed E-state index contributed by atoms with van der Waals surface area (Å²) in [6.07, 6.45) is 3.37. The molecule has 1 aromatic heterocycles. The van der Waals surface area contributed by atoms with E-state index in [2.05, 4.69) is 10.3 Å². The second-order valence-corrected chi connectivity index (χ2v) is 6.20. The molecule has 2 atom stereocenters. The van der Waals surface area contributed by atoms with E-state index in [0.717, 1.165) is 31.7 Å². The number of ether oxygens (including phenoxy) is 1. The highest BCUT2D eigenvalue weighted by Gasteiger charge is 2.38. The molecule has 0 bridgehead atoms. The van der Waals surface area contributed by atoms with Crippen LogP contribution in [0.15, 0.2) is 48.8 Å². The van der Waals surface area contributed by atoms with Crippen LogP contribution in [0.5, 0.6) is 11.5 Å². The number of hydrogen-bond acceptors (Lipinski definition) is 4. The molecule has 7 heteroatoms. The molecule has 0 saturated carbocycles. The summed E-state index contributed by atoms with van der Waals surface area (Å²) in [4.78, 5) is 18.6. The van der Waals surface area contributed by atoms with Crippen LogP contribution in [0.4, 0.5) is 0 Å². The van der Waals surface area contributed by atoms with Gasteiger partial charge in [-0.05, 0) is 48.2 Å². The van der Waals surface area contributed by atoms with Crippen LogP contribution >= 0.6 is 24.8 Å². The topological polar surface area (TPSA) is 54.5 Å². The first-order valence-corrected chi connectivity index (χ1v) is 7.97. The molecule has 1 amide bonds. The van der Waals surface area contributed by atoms with Gasteiger partial charge in [0.15, 0.2) is 0 Å². The standard InChI is InChI=1S/C18H19N3O2.2ClH/c22-18(21-11-14-8-20-9-15(14)12-21)13-3-5-16(6-4-13)23-17-2-1-7-19-10-17;;/h1-7,10,14-15,20H,8-9,11-12H2;2*1H/t14-,15+;;. The van der Waals surface area contributed by atoms with Gasteiger partial charge in [-0.15, -0.1) is 24.8 Å². The molecular weight excluding hydrogens is 361 g/mol. The lowest BCUT2D eigenvalue weighted by Crippen LogP contribution is -2.31. The molecule has 2 fully saturated rings. The van der Waals surface area contributed by atoms with Crippen molar-refractivity contribution in [3.05, 3.63) is 54.4 Å². The minimum absolute atomic E-state index is 0. The predicted octanol–water partition coefficient (Wildman–Crippen LogP) is 3.01. The van der Waals surface area contributed by atoms with Gasteiger partial charge in [-0.2, -0.15) is 0 Å². The Balaban J connectivity index is 0.00000113. The number of carbonyl (C=O) groups excluding carboxylic acids is 1. The SMILES string of the molecule is Cl.Cl.O=C(c1ccc(Oc2cccnc2)cc1)N1C[C@H]2CNC[C@H]2C1. The number of aromatic nitrogens is 1. The van der Waals surface area contributed by atoms with E-state index in [-0.39, 0.29) is 30.7 Å². The second kappa shape index (κ2) is 8.52. The van der Waals surface area contributed by atoms with Crippen molar-refractivity contribution in [2.24, 2.45) is 11.8 Å². The first-order chi connectivity index (χ1) is 11.3. The highest BCUT2D eigenvalue weighted by molar-refractivity contribution is 5.94. The van der Waals surface area contributed by atoms with E-state index in [1.54, 1.807) is 12.4 Å². The lowest BCUT2D eigenvalue weighted by Gasteiger charge is -2.17. The molecule has 25 heavy (non-hydrogen) atoms. The molecule has 0 aliphatic carbocycles. The lowest BCUT2D eigenvalue weighted by atomic mass is 10.0. The van der Waals surface area contributed by atoms with Crippen LogP contribution in [-0.4, -0.2) is 42.0 Å². The van der Waals surface area contributed by atoms with Crippen LogP contribution in [0.1, 0.15) is 10.4 Å². The molecule has 2 saturated heterocycles. The van der Waals surface area contributed by atoms with Crippen LogP contribution < -0.4 is 10.1 Å². The summed E-state index contributed by atoms with van der Waals surface area (Å²) in [6.45, 7) is 3.80. The average Bonchev–Trinajstić information content (AvgIpc) is 3.17. The number of hydrogen-bond donors (Lipinski definition) is 1. The number of likely N-dealkylation sites (tertiary alicyclic amines) is 1. The maximum Gasteiger partial charge on any atom is 0.253 e. The molecule has 3 heterocycles. The van der Waals surface area contributed by atoms with Crippen LogP contribution in [0.25, 0.3) is 0 Å². The largest absolute Gasteiger partial charge is 0.456 e. The molecule has 0 radical (unpaired) electrons. The first-order valence-electron chi connectivity index (χ1n) is 7.97. The zero-order valence-corrected chi connectivity index (χ0v) is 15.3. The Kier molecular flexibility index (Phi) is 6.64. The summed E-state index contributed by atoms with van der Waals surface area (Å²) in [5.74, 6) is 2.75. The summed E-state index contributed by atoms with van der Waals surface area (Å²) in [5.41, 5.74) is 0.719. The van der Waals surface area contributed by atoms with E-state index in [1.807, 2.05) is 41.3 Å². The number of nitrogens with zero attached hydrogens (tertiary/aromatic N) is 2. The molecule has 0 spiro atoms. The third-order valence-corrected chi connectivity index (χ3v) is 4.65. The molecule has 5 nitrogen and oxygen atoms in total. The van der Waals surface area contributed by atoms with Crippen molar-refractivity contribution in [2.75, 3.05) is 26.2 Å². The van der Waals surface area contributed by atoms with Gasteiger partial charge in [-0.1, -0.05) is 0 Å². The lowest BCUT2D eigenvalue weighted by molar-refractivity contribution is 0.0781. The fourth-order valence-electron chi connectivity index (χ4n) is 3.41. The molecular formula is C18H21Cl2N3O2. The molecule has 134 valence electrons. The molecule has 1 aromatic carbocycles. The van der Waals surface area contributed by atoms with Crippen LogP contribution in [0, 0.1) is 11.8 Å². The number of nitrogens with one attached hydrogen (secondary N) is 1. The van der Waals surface area contributed by atoms with Gasteiger partial charge in [0, 0.05) is 37.9 Å². The molecule has 0 unspecified atom stereocenters. The average molecular weight is 382 g/mol. The Labute approximate surface area is 159 Å². The maximum atomic E-state index is 12.6. The predicted molar refractivity (Wildman–Crippen MR) is 101 cm³/mol. The first kappa shape index (κ1) is 19.5. The van der Waals surface area contributed by atoms with Gasteiger partial charge in [0.05, 0.1) is 6.20 Å². The van der Waals surface area contributed by atoms with Gasteiger partial charge in [-0.3, -0.25) is 9.78 Å². The number of amides is 1. The van der Waals surface area contributed by atoms with E-state index in [9.17, 15) is 4.79 Å². The fraction of sp³-hybridized carbons (Fsp3) is 0.333. The minimum Gasteiger partial charge on any atom is -0.456 e. The van der Waals surface area contributed by atoms with Gasteiger partial charge in [0.1, 0.15) is 11.5 Å². The van der Waals surface area contributed by atoms with Crippen molar-refractivity contribution < 1.29 is 9.53 Å². The molecule has 2 aliphatic heterocycles. The molecule has 2 aromatic rings. The van der Waals surface area contributed by atoms with Crippen molar-refractivity contribution >= 4 is 30.7 Å². The number of pyridine rings is 1. The van der Waals surface area contributed by atoms with Gasteiger partial charge >= 0.3 is 0 Å². The van der Waals surface area contributed by atoms with E-state index in [4.69, 9.17) is 4.74 Å². The fourth-order valence-corrected chi connectivity index (χ4v) is 3.41. The number of benzene rings is 1. The number of rotatable bonds is 3. The quantitative estimate of drug-likeness (QED) is 0.887. The normalized spacial score (nSPS) is 21.0. The van der Waals surface area contributed by atoms with E-state index >= 15 is 0 Å². The van der Waals surface area contributed by atoms with Crippen molar-refractivity contribution in [3.63, 3.8) is 0 Å². The van der Waals surface area contributed by atoms with E-state index in [1.165, 1.54) is 0 Å². The zero-order chi connectivity index (χ0) is 15.6. The number of fused-ring (bicyclic) bond motifs is 1. The Morgan fingerprint density at radius 1 is 1.04 bits per heavy atom.